The fourth-order valence-corrected chi connectivity index (χ4v) is 6.31. The van der Waals surface area contributed by atoms with Gasteiger partial charge in [0.05, 0.1) is 16.6 Å². The van der Waals surface area contributed by atoms with Crippen LogP contribution in [-0.4, -0.2) is 23.3 Å². The highest BCUT2D eigenvalue weighted by atomic mass is 16.7. The molecule has 0 bridgehead atoms. The number of pyridine rings is 1. The van der Waals surface area contributed by atoms with E-state index in [4.69, 9.17) is 9.31 Å². The largest absolute Gasteiger partial charge is 0.494 e. The van der Waals surface area contributed by atoms with Gasteiger partial charge in [0.1, 0.15) is 0 Å². The molecule has 1 aliphatic carbocycles. The molecular weight excluding hydrogens is 465 g/mol. The molecule has 0 N–H and O–H groups in total. The first kappa shape index (κ1) is 23.4. The number of rotatable bonds is 3. The Morgan fingerprint density at radius 3 is 2.08 bits per heavy atom. The van der Waals surface area contributed by atoms with Crippen molar-refractivity contribution >= 4 is 23.4 Å². The van der Waals surface area contributed by atoms with Crippen molar-refractivity contribution in [3.8, 4) is 11.1 Å². The van der Waals surface area contributed by atoms with E-state index in [-0.39, 0.29) is 0 Å². The summed E-state index contributed by atoms with van der Waals surface area (Å²) in [5.74, 6) is 0. The van der Waals surface area contributed by atoms with E-state index in [1.54, 1.807) is 0 Å². The van der Waals surface area contributed by atoms with Crippen LogP contribution >= 0.6 is 0 Å². The number of nitrogens with zero attached hydrogens (tertiary/aromatic N) is 1. The predicted octanol–water partition coefficient (Wildman–Crippen LogP) is 6.90. The van der Waals surface area contributed by atoms with Crippen LogP contribution in [0, 0.1) is 0 Å². The minimum Gasteiger partial charge on any atom is -0.399 e. The Bertz CT molecular complexity index is 1620. The Labute approximate surface area is 224 Å². The Hall–Kier alpha value is -3.73. The van der Waals surface area contributed by atoms with Crippen LogP contribution in [0.5, 0.6) is 0 Å². The smallest absolute Gasteiger partial charge is 0.399 e. The van der Waals surface area contributed by atoms with Crippen molar-refractivity contribution in [3.63, 3.8) is 0 Å². The zero-order chi connectivity index (χ0) is 26.1. The quantitative estimate of drug-likeness (QED) is 0.251. The van der Waals surface area contributed by atoms with Crippen LogP contribution in [0.4, 0.5) is 0 Å². The van der Waals surface area contributed by atoms with Gasteiger partial charge >= 0.3 is 7.12 Å². The molecule has 1 saturated heterocycles. The molecule has 1 atom stereocenters. The lowest BCUT2D eigenvalue weighted by molar-refractivity contribution is 0.00578. The molecular formula is C34H30BNO2. The second kappa shape index (κ2) is 8.13. The highest BCUT2D eigenvalue weighted by molar-refractivity contribution is 6.62. The van der Waals surface area contributed by atoms with Crippen LogP contribution in [0.2, 0.25) is 0 Å². The van der Waals surface area contributed by atoms with Gasteiger partial charge in [-0.05, 0) is 83.4 Å². The lowest BCUT2D eigenvalue weighted by Crippen LogP contribution is -2.41. The van der Waals surface area contributed by atoms with E-state index in [0.717, 1.165) is 11.0 Å². The van der Waals surface area contributed by atoms with Crippen LogP contribution in [0.1, 0.15) is 49.9 Å². The van der Waals surface area contributed by atoms with Gasteiger partial charge in [0, 0.05) is 12.4 Å². The molecule has 3 nitrogen and oxygen atoms in total. The van der Waals surface area contributed by atoms with Gasteiger partial charge in [-0.2, -0.15) is 0 Å². The number of aromatic nitrogens is 1. The maximum atomic E-state index is 6.50. The van der Waals surface area contributed by atoms with Crippen LogP contribution in [0.25, 0.3) is 21.9 Å². The summed E-state index contributed by atoms with van der Waals surface area (Å²) in [5, 5.41) is 2.49. The molecule has 2 heterocycles. The third-order valence-corrected chi connectivity index (χ3v) is 8.87. The van der Waals surface area contributed by atoms with Crippen LogP contribution in [-0.2, 0) is 14.7 Å². The summed E-state index contributed by atoms with van der Waals surface area (Å²) in [5.41, 5.74) is 7.07. The summed E-state index contributed by atoms with van der Waals surface area (Å²) < 4.78 is 13.0. The molecule has 1 unspecified atom stereocenters. The van der Waals surface area contributed by atoms with Gasteiger partial charge in [0.2, 0.25) is 0 Å². The Morgan fingerprint density at radius 1 is 0.658 bits per heavy atom. The molecule has 0 spiro atoms. The minimum absolute atomic E-state index is 0.407. The second-order valence-electron chi connectivity index (χ2n) is 11.5. The first-order valence-electron chi connectivity index (χ1n) is 13.3. The Kier molecular flexibility index (Phi) is 5.01. The summed E-state index contributed by atoms with van der Waals surface area (Å²) in [6, 6.07) is 35.1. The Balaban J connectivity index is 1.58. The topological polar surface area (TPSA) is 31.4 Å². The van der Waals surface area contributed by atoms with Crippen molar-refractivity contribution in [2.75, 3.05) is 0 Å². The highest BCUT2D eigenvalue weighted by Gasteiger charge is 2.53. The number of hydrogen-bond acceptors (Lipinski definition) is 3. The molecule has 4 heteroatoms. The van der Waals surface area contributed by atoms with Crippen molar-refractivity contribution in [2.24, 2.45) is 0 Å². The summed E-state index contributed by atoms with van der Waals surface area (Å²) >= 11 is 0. The summed E-state index contributed by atoms with van der Waals surface area (Å²) in [4.78, 5) is 4.61. The highest BCUT2D eigenvalue weighted by Crippen LogP contribution is 2.57. The van der Waals surface area contributed by atoms with Gasteiger partial charge in [-0.1, -0.05) is 91.0 Å². The van der Waals surface area contributed by atoms with E-state index in [9.17, 15) is 0 Å². The van der Waals surface area contributed by atoms with Crippen molar-refractivity contribution in [3.05, 3.63) is 132 Å². The van der Waals surface area contributed by atoms with Gasteiger partial charge < -0.3 is 9.31 Å². The molecule has 1 fully saturated rings. The average Bonchev–Trinajstić information content (AvgIpc) is 3.36. The third-order valence-electron chi connectivity index (χ3n) is 8.87. The number of fused-ring (bicyclic) bond motifs is 5. The molecule has 4 aromatic carbocycles. The fraction of sp³-hybridized carbons (Fsp3) is 0.206. The molecule has 5 aromatic rings. The summed E-state index contributed by atoms with van der Waals surface area (Å²) in [7, 11) is -0.437. The molecule has 1 aliphatic heterocycles. The molecule has 0 amide bonds. The molecule has 186 valence electrons. The van der Waals surface area contributed by atoms with Crippen LogP contribution in [0.15, 0.2) is 109 Å². The van der Waals surface area contributed by atoms with Crippen LogP contribution < -0.4 is 5.46 Å². The van der Waals surface area contributed by atoms with Gasteiger partial charge in [0.25, 0.3) is 0 Å². The first-order valence-corrected chi connectivity index (χ1v) is 13.3. The van der Waals surface area contributed by atoms with Crippen molar-refractivity contribution < 1.29 is 9.31 Å². The van der Waals surface area contributed by atoms with E-state index < -0.39 is 23.7 Å². The first-order chi connectivity index (χ1) is 18.3. The van der Waals surface area contributed by atoms with Gasteiger partial charge in [0.15, 0.2) is 0 Å². The zero-order valence-corrected chi connectivity index (χ0v) is 22.2. The predicted molar refractivity (Wildman–Crippen MR) is 155 cm³/mol. The second-order valence-corrected chi connectivity index (χ2v) is 11.5. The van der Waals surface area contributed by atoms with Gasteiger partial charge in [-0.15, -0.1) is 0 Å². The van der Waals surface area contributed by atoms with Gasteiger partial charge in [-0.3, -0.25) is 4.98 Å². The molecule has 38 heavy (non-hydrogen) atoms. The summed E-state index contributed by atoms with van der Waals surface area (Å²) in [6.45, 7) is 8.41. The number of benzene rings is 4. The standard InChI is InChI=1S/C34H30BNO2/c1-32(2)33(3,4)38-35(37-32)26-17-19-28-29-18-16-23-11-8-9-15-27(23)31(29)34(30(28)21-26,24-12-6-5-7-13-24)25-14-10-20-36-22-25/h5-22H,1-4H3. The maximum absolute atomic E-state index is 6.50. The van der Waals surface area contributed by atoms with E-state index in [0.29, 0.717) is 0 Å². The lowest BCUT2D eigenvalue weighted by atomic mass is 9.65. The maximum Gasteiger partial charge on any atom is 0.494 e. The van der Waals surface area contributed by atoms with E-state index in [1.807, 2.05) is 18.5 Å². The summed E-state index contributed by atoms with van der Waals surface area (Å²) in [6.07, 6.45) is 3.87. The minimum atomic E-state index is -0.541. The average molecular weight is 495 g/mol. The zero-order valence-electron chi connectivity index (χ0n) is 22.2. The normalized spacial score (nSPS) is 20.9. The number of hydrogen-bond donors (Lipinski definition) is 0. The molecule has 7 rings (SSSR count). The van der Waals surface area contributed by atoms with E-state index in [1.165, 1.54) is 38.6 Å². The van der Waals surface area contributed by atoms with Crippen LogP contribution in [0.3, 0.4) is 0 Å². The SMILES string of the molecule is CC1(C)OB(c2ccc3c(c2)C(c2ccccc2)(c2cccnc2)c2c-3ccc3ccccc23)OC1(C)C. The van der Waals surface area contributed by atoms with E-state index >= 15 is 0 Å². The lowest BCUT2D eigenvalue weighted by Gasteiger charge is -2.34. The van der Waals surface area contributed by atoms with E-state index in [2.05, 4.69) is 124 Å². The Morgan fingerprint density at radius 2 is 1.34 bits per heavy atom. The van der Waals surface area contributed by atoms with Crippen molar-refractivity contribution in [1.29, 1.82) is 0 Å². The van der Waals surface area contributed by atoms with Crippen molar-refractivity contribution in [1.82, 2.24) is 4.98 Å². The fourth-order valence-electron chi connectivity index (χ4n) is 6.31. The van der Waals surface area contributed by atoms with Gasteiger partial charge in [-0.25, -0.2) is 0 Å². The molecule has 2 aliphatic rings. The molecule has 0 saturated carbocycles. The van der Waals surface area contributed by atoms with Crippen molar-refractivity contribution in [2.45, 2.75) is 44.3 Å². The monoisotopic (exact) mass is 495 g/mol. The molecule has 0 radical (unpaired) electrons. The third kappa shape index (κ3) is 3.14. The molecule has 1 aromatic heterocycles.